The van der Waals surface area contributed by atoms with Crippen molar-refractivity contribution < 1.29 is 14.7 Å². The Hall–Kier alpha value is -1.43. The van der Waals surface area contributed by atoms with Crippen LogP contribution in [0.5, 0.6) is 0 Å². The van der Waals surface area contributed by atoms with E-state index in [1.165, 1.54) is 6.20 Å². The van der Waals surface area contributed by atoms with Crippen LogP contribution in [0, 0.1) is 5.92 Å². The van der Waals surface area contributed by atoms with E-state index < -0.39 is 11.9 Å². The van der Waals surface area contributed by atoms with Gasteiger partial charge in [0.2, 0.25) is 0 Å². The average molecular weight is 313 g/mol. The van der Waals surface area contributed by atoms with E-state index in [4.69, 9.17) is 5.11 Å². The van der Waals surface area contributed by atoms with E-state index >= 15 is 0 Å². The predicted octanol–water partition coefficient (Wildman–Crippen LogP) is 1.83. The number of hydrogen-bond donors (Lipinski definition) is 2. The Labute approximate surface area is 113 Å². The SMILES string of the molecule is O=C(N[C@@H]1CCC[C@@H]1C(=O)O)c1ccc(Br)cn1. The number of hydrogen-bond acceptors (Lipinski definition) is 3. The van der Waals surface area contributed by atoms with Crippen molar-refractivity contribution in [2.24, 2.45) is 5.92 Å². The number of carbonyl (C=O) groups excluding carboxylic acids is 1. The number of nitrogens with zero attached hydrogens (tertiary/aromatic N) is 1. The standard InChI is InChI=1S/C12H13BrN2O3/c13-7-4-5-10(14-6-7)11(16)15-9-3-1-2-8(9)12(17)18/h4-6,8-9H,1-3H2,(H,15,16)(H,17,18)/t8-,9+/m0/s1. The molecule has 1 saturated carbocycles. The van der Waals surface area contributed by atoms with Crippen molar-refractivity contribution in [1.29, 1.82) is 0 Å². The van der Waals surface area contributed by atoms with Crippen LogP contribution in [0.3, 0.4) is 0 Å². The number of carboxylic acids is 1. The van der Waals surface area contributed by atoms with Crippen LogP contribution >= 0.6 is 15.9 Å². The molecule has 5 nitrogen and oxygen atoms in total. The second kappa shape index (κ2) is 5.48. The lowest BCUT2D eigenvalue weighted by Gasteiger charge is -2.17. The first kappa shape index (κ1) is 13.0. The molecule has 0 radical (unpaired) electrons. The third-order valence-electron chi connectivity index (χ3n) is 3.11. The van der Waals surface area contributed by atoms with Gasteiger partial charge in [-0.3, -0.25) is 9.59 Å². The van der Waals surface area contributed by atoms with Crippen LogP contribution in [0.4, 0.5) is 0 Å². The van der Waals surface area contributed by atoms with Crippen LogP contribution < -0.4 is 5.32 Å². The van der Waals surface area contributed by atoms with Crippen LogP contribution in [-0.2, 0) is 4.79 Å². The molecule has 1 heterocycles. The highest BCUT2D eigenvalue weighted by Gasteiger charge is 2.34. The number of aromatic nitrogens is 1. The van der Waals surface area contributed by atoms with Gasteiger partial charge in [-0.05, 0) is 40.9 Å². The minimum atomic E-state index is -0.846. The number of carbonyl (C=O) groups is 2. The first-order chi connectivity index (χ1) is 8.58. The number of pyridine rings is 1. The molecule has 0 aliphatic heterocycles. The Kier molecular flexibility index (Phi) is 3.96. The van der Waals surface area contributed by atoms with Gasteiger partial charge >= 0.3 is 5.97 Å². The molecule has 1 aliphatic rings. The van der Waals surface area contributed by atoms with Crippen LogP contribution in [0.1, 0.15) is 29.8 Å². The predicted molar refractivity (Wildman–Crippen MR) is 68.2 cm³/mol. The summed E-state index contributed by atoms with van der Waals surface area (Å²) in [6.45, 7) is 0. The Morgan fingerprint density at radius 1 is 1.39 bits per heavy atom. The summed E-state index contributed by atoms with van der Waals surface area (Å²) in [4.78, 5) is 26.9. The Balaban J connectivity index is 2.03. The summed E-state index contributed by atoms with van der Waals surface area (Å²) in [6, 6.07) is 3.04. The van der Waals surface area contributed by atoms with E-state index in [0.29, 0.717) is 18.5 Å². The number of rotatable bonds is 3. The lowest BCUT2D eigenvalue weighted by Crippen LogP contribution is -2.40. The average Bonchev–Trinajstić information content (AvgIpc) is 2.78. The van der Waals surface area contributed by atoms with Crippen LogP contribution in [0.25, 0.3) is 0 Å². The van der Waals surface area contributed by atoms with Gasteiger partial charge in [-0.15, -0.1) is 0 Å². The molecule has 96 valence electrons. The third-order valence-corrected chi connectivity index (χ3v) is 3.58. The lowest BCUT2D eigenvalue weighted by atomic mass is 10.0. The fourth-order valence-electron chi connectivity index (χ4n) is 2.18. The zero-order valence-electron chi connectivity index (χ0n) is 9.60. The van der Waals surface area contributed by atoms with Gasteiger partial charge in [0.1, 0.15) is 5.69 Å². The van der Waals surface area contributed by atoms with E-state index in [0.717, 1.165) is 10.9 Å². The highest BCUT2D eigenvalue weighted by atomic mass is 79.9. The van der Waals surface area contributed by atoms with Gasteiger partial charge in [-0.25, -0.2) is 4.98 Å². The van der Waals surface area contributed by atoms with Gasteiger partial charge in [0.25, 0.3) is 5.91 Å². The number of nitrogens with one attached hydrogen (secondary N) is 1. The van der Waals surface area contributed by atoms with Crippen molar-refractivity contribution in [2.45, 2.75) is 25.3 Å². The molecule has 0 saturated heterocycles. The highest BCUT2D eigenvalue weighted by molar-refractivity contribution is 9.10. The van der Waals surface area contributed by atoms with Gasteiger partial charge < -0.3 is 10.4 Å². The normalized spacial score (nSPS) is 22.7. The molecule has 0 unspecified atom stereocenters. The van der Waals surface area contributed by atoms with E-state index in [2.05, 4.69) is 26.2 Å². The van der Waals surface area contributed by atoms with E-state index in [-0.39, 0.29) is 11.9 Å². The van der Waals surface area contributed by atoms with Gasteiger partial charge in [-0.1, -0.05) is 6.42 Å². The molecule has 2 N–H and O–H groups in total. The highest BCUT2D eigenvalue weighted by Crippen LogP contribution is 2.26. The summed E-state index contributed by atoms with van der Waals surface area (Å²) >= 11 is 3.24. The lowest BCUT2D eigenvalue weighted by molar-refractivity contribution is -0.142. The van der Waals surface area contributed by atoms with Crippen LogP contribution in [-0.4, -0.2) is 28.0 Å². The molecule has 6 heteroatoms. The molecule has 1 fully saturated rings. The van der Waals surface area contributed by atoms with Crippen molar-refractivity contribution in [3.63, 3.8) is 0 Å². The summed E-state index contributed by atoms with van der Waals surface area (Å²) in [5, 5.41) is 11.8. The van der Waals surface area contributed by atoms with Crippen molar-refractivity contribution in [1.82, 2.24) is 10.3 Å². The van der Waals surface area contributed by atoms with E-state index in [9.17, 15) is 9.59 Å². The second-order valence-electron chi connectivity index (χ2n) is 4.32. The zero-order valence-corrected chi connectivity index (χ0v) is 11.2. The molecule has 18 heavy (non-hydrogen) atoms. The number of amides is 1. The van der Waals surface area contributed by atoms with Crippen molar-refractivity contribution in [2.75, 3.05) is 0 Å². The monoisotopic (exact) mass is 312 g/mol. The Morgan fingerprint density at radius 2 is 2.17 bits per heavy atom. The molecule has 2 atom stereocenters. The van der Waals surface area contributed by atoms with Crippen molar-refractivity contribution in [3.05, 3.63) is 28.5 Å². The van der Waals surface area contributed by atoms with Crippen LogP contribution in [0.15, 0.2) is 22.8 Å². The minimum Gasteiger partial charge on any atom is -0.481 e. The first-order valence-corrected chi connectivity index (χ1v) is 6.52. The fourth-order valence-corrected chi connectivity index (χ4v) is 2.42. The molecule has 1 aliphatic carbocycles. The van der Waals surface area contributed by atoms with Crippen LogP contribution in [0.2, 0.25) is 0 Å². The van der Waals surface area contributed by atoms with Crippen molar-refractivity contribution in [3.8, 4) is 0 Å². The third kappa shape index (κ3) is 2.87. The maximum absolute atomic E-state index is 11.9. The maximum atomic E-state index is 11.9. The maximum Gasteiger partial charge on any atom is 0.308 e. The molecule has 0 spiro atoms. The molecular weight excluding hydrogens is 300 g/mol. The molecule has 0 bridgehead atoms. The van der Waals surface area contributed by atoms with Gasteiger partial charge in [0, 0.05) is 16.7 Å². The zero-order chi connectivity index (χ0) is 13.1. The first-order valence-electron chi connectivity index (χ1n) is 5.73. The number of halogens is 1. The summed E-state index contributed by atoms with van der Waals surface area (Å²) in [5.74, 6) is -1.65. The molecular formula is C12H13BrN2O3. The summed E-state index contributed by atoms with van der Waals surface area (Å²) < 4.78 is 0.795. The molecule has 0 aromatic carbocycles. The summed E-state index contributed by atoms with van der Waals surface area (Å²) in [6.07, 6.45) is 3.70. The Morgan fingerprint density at radius 3 is 2.78 bits per heavy atom. The topological polar surface area (TPSA) is 79.3 Å². The fraction of sp³-hybridized carbons (Fsp3) is 0.417. The molecule has 2 rings (SSSR count). The second-order valence-corrected chi connectivity index (χ2v) is 5.23. The summed E-state index contributed by atoms with van der Waals surface area (Å²) in [5.41, 5.74) is 0.300. The summed E-state index contributed by atoms with van der Waals surface area (Å²) in [7, 11) is 0. The minimum absolute atomic E-state index is 0.291. The smallest absolute Gasteiger partial charge is 0.308 e. The largest absolute Gasteiger partial charge is 0.481 e. The van der Waals surface area contributed by atoms with E-state index in [1.807, 2.05) is 0 Å². The number of carboxylic acid groups (broad SMARTS) is 1. The molecule has 1 amide bonds. The quantitative estimate of drug-likeness (QED) is 0.892. The number of aliphatic carboxylic acids is 1. The molecule has 1 aromatic rings. The van der Waals surface area contributed by atoms with Gasteiger partial charge in [-0.2, -0.15) is 0 Å². The van der Waals surface area contributed by atoms with E-state index in [1.54, 1.807) is 12.1 Å². The van der Waals surface area contributed by atoms with Crippen molar-refractivity contribution >= 4 is 27.8 Å². The molecule has 1 aromatic heterocycles. The van der Waals surface area contributed by atoms with Gasteiger partial charge in [0.15, 0.2) is 0 Å². The Bertz CT molecular complexity index is 461. The van der Waals surface area contributed by atoms with Gasteiger partial charge in [0.05, 0.1) is 5.92 Å².